The van der Waals surface area contributed by atoms with Gasteiger partial charge in [-0.3, -0.25) is 14.3 Å². The summed E-state index contributed by atoms with van der Waals surface area (Å²) in [4.78, 5) is 26.2. The average molecular weight is 322 g/mol. The van der Waals surface area contributed by atoms with Crippen molar-refractivity contribution in [2.45, 2.75) is 33.2 Å². The molecule has 2 unspecified atom stereocenters. The SMILES string of the molecule is COc1cn(C)nc1C(C)NC(=O)C1CC(=O)N(CC(C)C)C1. The van der Waals surface area contributed by atoms with E-state index in [9.17, 15) is 9.59 Å². The molecule has 128 valence electrons. The molecule has 2 atom stereocenters. The Labute approximate surface area is 137 Å². The molecule has 0 spiro atoms. The fourth-order valence-corrected chi connectivity index (χ4v) is 2.91. The summed E-state index contributed by atoms with van der Waals surface area (Å²) in [5.74, 6) is 0.701. The normalized spacial score (nSPS) is 19.3. The molecule has 2 amide bonds. The number of aromatic nitrogens is 2. The van der Waals surface area contributed by atoms with E-state index in [-0.39, 0.29) is 30.2 Å². The summed E-state index contributed by atoms with van der Waals surface area (Å²) < 4.78 is 6.93. The van der Waals surface area contributed by atoms with Gasteiger partial charge in [-0.25, -0.2) is 0 Å². The second kappa shape index (κ2) is 7.02. The maximum atomic E-state index is 12.4. The van der Waals surface area contributed by atoms with Gasteiger partial charge >= 0.3 is 0 Å². The van der Waals surface area contributed by atoms with E-state index in [2.05, 4.69) is 24.3 Å². The van der Waals surface area contributed by atoms with Crippen molar-refractivity contribution in [3.63, 3.8) is 0 Å². The molecular weight excluding hydrogens is 296 g/mol. The van der Waals surface area contributed by atoms with E-state index >= 15 is 0 Å². The third kappa shape index (κ3) is 4.03. The van der Waals surface area contributed by atoms with Crippen molar-refractivity contribution in [2.75, 3.05) is 20.2 Å². The number of ether oxygens (including phenoxy) is 1. The molecule has 7 heteroatoms. The lowest BCUT2D eigenvalue weighted by atomic mass is 10.1. The standard InChI is InChI=1S/C16H26N4O3/c1-10(2)7-20-8-12(6-14(20)21)16(22)17-11(3)15-13(23-5)9-19(4)18-15/h9-12H,6-8H2,1-5H3,(H,17,22). The number of methoxy groups -OCH3 is 1. The van der Waals surface area contributed by atoms with E-state index < -0.39 is 0 Å². The van der Waals surface area contributed by atoms with E-state index in [0.717, 1.165) is 0 Å². The minimum Gasteiger partial charge on any atom is -0.493 e. The summed E-state index contributed by atoms with van der Waals surface area (Å²) in [6.07, 6.45) is 2.05. The molecule has 2 heterocycles. The zero-order valence-corrected chi connectivity index (χ0v) is 14.5. The number of rotatable bonds is 6. The first-order valence-corrected chi connectivity index (χ1v) is 7.97. The number of hydrogen-bond acceptors (Lipinski definition) is 4. The van der Waals surface area contributed by atoms with Crippen molar-refractivity contribution >= 4 is 11.8 Å². The number of likely N-dealkylation sites (tertiary alicyclic amines) is 1. The summed E-state index contributed by atoms with van der Waals surface area (Å²) >= 11 is 0. The predicted octanol–water partition coefficient (Wildman–Crippen LogP) is 1.11. The smallest absolute Gasteiger partial charge is 0.225 e. The van der Waals surface area contributed by atoms with Crippen LogP contribution >= 0.6 is 0 Å². The molecule has 23 heavy (non-hydrogen) atoms. The summed E-state index contributed by atoms with van der Waals surface area (Å²) in [6.45, 7) is 7.19. The van der Waals surface area contributed by atoms with E-state index in [1.165, 1.54) is 0 Å². The van der Waals surface area contributed by atoms with Crippen molar-refractivity contribution in [3.8, 4) is 5.75 Å². The number of carbonyl (C=O) groups excluding carboxylic acids is 2. The summed E-state index contributed by atoms with van der Waals surface area (Å²) in [5, 5.41) is 7.28. The van der Waals surface area contributed by atoms with Crippen molar-refractivity contribution < 1.29 is 14.3 Å². The van der Waals surface area contributed by atoms with Crippen LogP contribution < -0.4 is 10.1 Å². The number of nitrogens with zero attached hydrogens (tertiary/aromatic N) is 3. The van der Waals surface area contributed by atoms with Crippen LogP contribution in [0, 0.1) is 11.8 Å². The molecule has 0 saturated carbocycles. The van der Waals surface area contributed by atoms with Crippen LogP contribution in [0.5, 0.6) is 5.75 Å². The lowest BCUT2D eigenvalue weighted by Crippen LogP contribution is -2.35. The third-order valence-electron chi connectivity index (χ3n) is 3.98. The van der Waals surface area contributed by atoms with Crippen LogP contribution in [0.25, 0.3) is 0 Å². The monoisotopic (exact) mass is 322 g/mol. The fraction of sp³-hybridized carbons (Fsp3) is 0.688. The lowest BCUT2D eigenvalue weighted by molar-refractivity contribution is -0.129. The maximum Gasteiger partial charge on any atom is 0.225 e. The predicted molar refractivity (Wildman–Crippen MR) is 85.8 cm³/mol. The van der Waals surface area contributed by atoms with Gasteiger partial charge in [-0.05, 0) is 12.8 Å². The Morgan fingerprint density at radius 3 is 2.78 bits per heavy atom. The Hall–Kier alpha value is -2.05. The van der Waals surface area contributed by atoms with Crippen LogP contribution in [-0.2, 0) is 16.6 Å². The molecule has 7 nitrogen and oxygen atoms in total. The van der Waals surface area contributed by atoms with Gasteiger partial charge in [0.25, 0.3) is 0 Å². The molecule has 1 aromatic rings. The van der Waals surface area contributed by atoms with Crippen molar-refractivity contribution in [3.05, 3.63) is 11.9 Å². The minimum absolute atomic E-state index is 0.0573. The largest absolute Gasteiger partial charge is 0.493 e. The van der Waals surface area contributed by atoms with Crippen LogP contribution in [0.3, 0.4) is 0 Å². The topological polar surface area (TPSA) is 76.5 Å². The molecule has 1 aliphatic heterocycles. The number of carbonyl (C=O) groups is 2. The Bertz CT molecular complexity index is 582. The van der Waals surface area contributed by atoms with Gasteiger partial charge in [0.15, 0.2) is 5.75 Å². The van der Waals surface area contributed by atoms with Crippen LogP contribution in [0.2, 0.25) is 0 Å². The van der Waals surface area contributed by atoms with Gasteiger partial charge in [0.2, 0.25) is 11.8 Å². The molecule has 0 aromatic carbocycles. The number of hydrogen-bond donors (Lipinski definition) is 1. The Morgan fingerprint density at radius 1 is 1.48 bits per heavy atom. The van der Waals surface area contributed by atoms with Gasteiger partial charge < -0.3 is 15.0 Å². The molecule has 1 fully saturated rings. The van der Waals surface area contributed by atoms with Crippen LogP contribution in [0.4, 0.5) is 0 Å². The lowest BCUT2D eigenvalue weighted by Gasteiger charge is -2.19. The molecular formula is C16H26N4O3. The maximum absolute atomic E-state index is 12.4. The van der Waals surface area contributed by atoms with Gasteiger partial charge in [-0.15, -0.1) is 0 Å². The van der Waals surface area contributed by atoms with Gasteiger partial charge in [0, 0.05) is 26.6 Å². The Morgan fingerprint density at radius 2 is 2.17 bits per heavy atom. The van der Waals surface area contributed by atoms with Gasteiger partial charge in [-0.1, -0.05) is 13.8 Å². The van der Waals surface area contributed by atoms with Gasteiger partial charge in [-0.2, -0.15) is 5.10 Å². The highest BCUT2D eigenvalue weighted by molar-refractivity contribution is 5.89. The van der Waals surface area contributed by atoms with E-state index in [4.69, 9.17) is 4.74 Å². The summed E-state index contributed by atoms with van der Waals surface area (Å²) in [5.41, 5.74) is 0.687. The highest BCUT2D eigenvalue weighted by Crippen LogP contribution is 2.24. The first kappa shape index (κ1) is 17.3. The first-order chi connectivity index (χ1) is 10.8. The second-order valence-electron chi connectivity index (χ2n) is 6.58. The van der Waals surface area contributed by atoms with Crippen molar-refractivity contribution in [2.24, 2.45) is 18.9 Å². The number of nitrogens with one attached hydrogen (secondary N) is 1. The average Bonchev–Trinajstić information content (AvgIpc) is 3.02. The molecule has 1 saturated heterocycles. The van der Waals surface area contributed by atoms with Crippen LogP contribution in [-0.4, -0.2) is 46.7 Å². The molecule has 1 aromatic heterocycles. The van der Waals surface area contributed by atoms with Gasteiger partial charge in [0.05, 0.1) is 25.3 Å². The van der Waals surface area contributed by atoms with Crippen molar-refractivity contribution in [1.82, 2.24) is 20.0 Å². The van der Waals surface area contributed by atoms with Gasteiger partial charge in [0.1, 0.15) is 5.69 Å². The number of amides is 2. The Kier molecular flexibility index (Phi) is 5.28. The fourth-order valence-electron chi connectivity index (χ4n) is 2.91. The highest BCUT2D eigenvalue weighted by Gasteiger charge is 2.35. The van der Waals surface area contributed by atoms with E-state index in [1.807, 2.05) is 6.92 Å². The zero-order chi connectivity index (χ0) is 17.1. The van der Waals surface area contributed by atoms with E-state index in [1.54, 1.807) is 29.9 Å². The summed E-state index contributed by atoms with van der Waals surface area (Å²) in [7, 11) is 3.38. The highest BCUT2D eigenvalue weighted by atomic mass is 16.5. The zero-order valence-electron chi connectivity index (χ0n) is 14.5. The molecule has 0 aliphatic carbocycles. The quantitative estimate of drug-likeness (QED) is 0.851. The second-order valence-corrected chi connectivity index (χ2v) is 6.58. The third-order valence-corrected chi connectivity index (χ3v) is 3.98. The molecule has 2 rings (SSSR count). The first-order valence-electron chi connectivity index (χ1n) is 7.97. The molecule has 0 bridgehead atoms. The molecule has 0 radical (unpaired) electrons. The minimum atomic E-state index is -0.293. The molecule has 1 aliphatic rings. The summed E-state index contributed by atoms with van der Waals surface area (Å²) in [6, 6.07) is -0.270. The Balaban J connectivity index is 1.98. The van der Waals surface area contributed by atoms with Crippen molar-refractivity contribution in [1.29, 1.82) is 0 Å². The van der Waals surface area contributed by atoms with Crippen LogP contribution in [0.15, 0.2) is 6.20 Å². The van der Waals surface area contributed by atoms with Crippen LogP contribution in [0.1, 0.15) is 38.9 Å². The molecule has 1 N–H and O–H groups in total. The number of aryl methyl sites for hydroxylation is 1. The van der Waals surface area contributed by atoms with E-state index in [0.29, 0.717) is 30.5 Å².